The largest absolute Gasteiger partial charge is 0.363 e. The Morgan fingerprint density at radius 3 is 1.63 bits per heavy atom. The molecular formula is C27H25N3. The van der Waals surface area contributed by atoms with E-state index in [0.29, 0.717) is 6.54 Å². The summed E-state index contributed by atoms with van der Waals surface area (Å²) in [4.78, 5) is 2.41. The van der Waals surface area contributed by atoms with E-state index in [1.165, 1.54) is 22.4 Å². The number of benzene rings is 4. The third-order valence-electron chi connectivity index (χ3n) is 4.95. The second kappa shape index (κ2) is 10.2. The average molecular weight is 392 g/mol. The van der Waals surface area contributed by atoms with Gasteiger partial charge in [-0.1, -0.05) is 97.1 Å². The van der Waals surface area contributed by atoms with Crippen molar-refractivity contribution < 1.29 is 0 Å². The predicted octanol–water partition coefficient (Wildman–Crippen LogP) is 7.18. The molecular weight excluding hydrogens is 366 g/mol. The number of anilines is 1. The van der Waals surface area contributed by atoms with E-state index in [1.807, 2.05) is 30.3 Å². The van der Waals surface area contributed by atoms with Gasteiger partial charge in [0.25, 0.3) is 0 Å². The van der Waals surface area contributed by atoms with Gasteiger partial charge < -0.3 is 4.90 Å². The summed E-state index contributed by atoms with van der Waals surface area (Å²) in [7, 11) is 0. The maximum atomic E-state index is 4.47. The maximum absolute atomic E-state index is 4.47. The smallest absolute Gasteiger partial charge is 0.0873 e. The number of hydrogen-bond donors (Lipinski definition) is 0. The highest BCUT2D eigenvalue weighted by Crippen LogP contribution is 2.26. The summed E-state index contributed by atoms with van der Waals surface area (Å²) in [6.45, 7) is 2.22. The van der Waals surface area contributed by atoms with Crippen LogP contribution in [0.3, 0.4) is 0 Å². The lowest BCUT2D eigenvalue weighted by atomic mass is 10.1. The van der Waals surface area contributed by atoms with Gasteiger partial charge in [-0.2, -0.15) is 10.2 Å². The first-order valence-corrected chi connectivity index (χ1v) is 10.2. The van der Waals surface area contributed by atoms with Crippen LogP contribution < -0.4 is 4.90 Å². The Hall–Kier alpha value is -3.72. The maximum Gasteiger partial charge on any atom is 0.0873 e. The van der Waals surface area contributed by atoms with Gasteiger partial charge in [0.2, 0.25) is 0 Å². The van der Waals surface area contributed by atoms with Crippen molar-refractivity contribution in [1.29, 1.82) is 0 Å². The summed E-state index contributed by atoms with van der Waals surface area (Å²) in [5.74, 6) is 0. The van der Waals surface area contributed by atoms with Crippen LogP contribution in [-0.4, -0.2) is 0 Å². The van der Waals surface area contributed by atoms with Crippen molar-refractivity contribution in [3.8, 4) is 0 Å². The van der Waals surface area contributed by atoms with Crippen LogP contribution in [0.5, 0.6) is 0 Å². The van der Waals surface area contributed by atoms with Gasteiger partial charge in [-0.05, 0) is 34.9 Å². The molecule has 0 spiro atoms. The monoisotopic (exact) mass is 391 g/mol. The van der Waals surface area contributed by atoms with Crippen molar-refractivity contribution in [2.45, 2.75) is 19.6 Å². The zero-order valence-electron chi connectivity index (χ0n) is 16.9. The normalized spacial score (nSPS) is 10.9. The molecule has 0 amide bonds. The average Bonchev–Trinajstić information content (AvgIpc) is 2.81. The standard InChI is InChI=1S/C27H25N3/c1-4-12-23(13-5-1)21-30(22-24-14-6-2-7-15-24)27-19-11-10-16-25(27)20-28-29-26-17-8-3-9-18-26/h1-19H,20-22H2. The van der Waals surface area contributed by atoms with Crippen LogP contribution in [0, 0.1) is 0 Å². The number of hydrogen-bond acceptors (Lipinski definition) is 3. The molecule has 0 radical (unpaired) electrons. The summed E-state index contributed by atoms with van der Waals surface area (Å²) in [5, 5.41) is 8.84. The molecule has 4 rings (SSSR count). The third-order valence-corrected chi connectivity index (χ3v) is 4.95. The molecule has 0 unspecified atom stereocenters. The van der Waals surface area contributed by atoms with E-state index in [0.717, 1.165) is 18.8 Å². The lowest BCUT2D eigenvalue weighted by Gasteiger charge is -2.27. The van der Waals surface area contributed by atoms with Crippen LogP contribution in [-0.2, 0) is 19.6 Å². The van der Waals surface area contributed by atoms with E-state index in [-0.39, 0.29) is 0 Å². The van der Waals surface area contributed by atoms with Crippen LogP contribution in [0.25, 0.3) is 0 Å². The molecule has 0 aliphatic carbocycles. The van der Waals surface area contributed by atoms with E-state index in [4.69, 9.17) is 0 Å². The quantitative estimate of drug-likeness (QED) is 0.292. The van der Waals surface area contributed by atoms with Crippen LogP contribution in [0.15, 0.2) is 125 Å². The summed E-state index contributed by atoms with van der Waals surface area (Å²) < 4.78 is 0. The zero-order chi connectivity index (χ0) is 20.4. The Labute approximate surface area is 178 Å². The Kier molecular flexibility index (Phi) is 6.64. The first kappa shape index (κ1) is 19.6. The van der Waals surface area contributed by atoms with Gasteiger partial charge in [0.15, 0.2) is 0 Å². The first-order valence-electron chi connectivity index (χ1n) is 10.2. The van der Waals surface area contributed by atoms with Crippen molar-refractivity contribution in [1.82, 2.24) is 0 Å². The van der Waals surface area contributed by atoms with Crippen LogP contribution in [0.1, 0.15) is 16.7 Å². The highest BCUT2D eigenvalue weighted by Gasteiger charge is 2.12. The number of rotatable bonds is 8. The van der Waals surface area contributed by atoms with Gasteiger partial charge in [0.05, 0.1) is 12.2 Å². The summed E-state index contributed by atoms with van der Waals surface area (Å²) in [5.41, 5.74) is 5.81. The fraction of sp³-hybridized carbons (Fsp3) is 0.111. The molecule has 0 atom stereocenters. The van der Waals surface area contributed by atoms with E-state index >= 15 is 0 Å². The fourth-order valence-corrected chi connectivity index (χ4v) is 3.47. The van der Waals surface area contributed by atoms with Crippen molar-refractivity contribution in [3.63, 3.8) is 0 Å². The van der Waals surface area contributed by atoms with Crippen molar-refractivity contribution in [3.05, 3.63) is 132 Å². The predicted molar refractivity (Wildman–Crippen MR) is 124 cm³/mol. The minimum atomic E-state index is 0.547. The van der Waals surface area contributed by atoms with Crippen LogP contribution in [0.4, 0.5) is 11.4 Å². The van der Waals surface area contributed by atoms with E-state index in [1.54, 1.807) is 0 Å². The van der Waals surface area contributed by atoms with E-state index in [2.05, 4.69) is 100 Å². The molecule has 0 aliphatic rings. The molecule has 0 bridgehead atoms. The minimum Gasteiger partial charge on any atom is -0.363 e. The molecule has 0 aromatic heterocycles. The lowest BCUT2D eigenvalue weighted by molar-refractivity contribution is 0.789. The molecule has 0 N–H and O–H groups in total. The molecule has 4 aromatic rings. The molecule has 0 saturated heterocycles. The fourth-order valence-electron chi connectivity index (χ4n) is 3.47. The zero-order valence-corrected chi connectivity index (χ0v) is 16.9. The summed E-state index contributed by atoms with van der Waals surface area (Å²) in [6, 6.07) is 39.5. The second-order valence-electron chi connectivity index (χ2n) is 7.19. The van der Waals surface area contributed by atoms with Crippen molar-refractivity contribution in [2.75, 3.05) is 4.90 Å². The van der Waals surface area contributed by atoms with Crippen LogP contribution >= 0.6 is 0 Å². The Balaban J connectivity index is 1.60. The SMILES string of the molecule is c1ccc(CN(Cc2ccccc2)c2ccccc2CN=Nc2ccccc2)cc1. The molecule has 0 saturated carbocycles. The van der Waals surface area contributed by atoms with E-state index < -0.39 is 0 Å². The van der Waals surface area contributed by atoms with Gasteiger partial charge in [-0.15, -0.1) is 0 Å². The Bertz CT molecular complexity index is 1020. The molecule has 30 heavy (non-hydrogen) atoms. The lowest BCUT2D eigenvalue weighted by Crippen LogP contribution is -2.23. The van der Waals surface area contributed by atoms with Crippen molar-refractivity contribution >= 4 is 11.4 Å². The molecule has 0 aliphatic heterocycles. The summed E-state index contributed by atoms with van der Waals surface area (Å²) >= 11 is 0. The van der Waals surface area contributed by atoms with Gasteiger partial charge >= 0.3 is 0 Å². The Morgan fingerprint density at radius 1 is 0.533 bits per heavy atom. The number of para-hydroxylation sites is 1. The number of azo groups is 1. The molecule has 0 heterocycles. The van der Waals surface area contributed by atoms with Gasteiger partial charge in [0.1, 0.15) is 0 Å². The Morgan fingerprint density at radius 2 is 1.03 bits per heavy atom. The van der Waals surface area contributed by atoms with Gasteiger partial charge in [0, 0.05) is 18.8 Å². The van der Waals surface area contributed by atoms with E-state index in [9.17, 15) is 0 Å². The van der Waals surface area contributed by atoms with Crippen molar-refractivity contribution in [2.24, 2.45) is 10.2 Å². The highest BCUT2D eigenvalue weighted by atomic mass is 15.1. The highest BCUT2D eigenvalue weighted by molar-refractivity contribution is 5.54. The van der Waals surface area contributed by atoms with Crippen LogP contribution in [0.2, 0.25) is 0 Å². The molecule has 3 heteroatoms. The first-order chi connectivity index (χ1) is 14.9. The topological polar surface area (TPSA) is 28.0 Å². The molecule has 148 valence electrons. The number of nitrogens with zero attached hydrogens (tertiary/aromatic N) is 3. The van der Waals surface area contributed by atoms with Gasteiger partial charge in [-0.3, -0.25) is 0 Å². The van der Waals surface area contributed by atoms with Gasteiger partial charge in [-0.25, -0.2) is 0 Å². The third kappa shape index (κ3) is 5.42. The second-order valence-corrected chi connectivity index (χ2v) is 7.19. The summed E-state index contributed by atoms with van der Waals surface area (Å²) in [6.07, 6.45) is 0. The molecule has 4 aromatic carbocycles. The minimum absolute atomic E-state index is 0.547. The molecule has 0 fully saturated rings. The molecule has 3 nitrogen and oxygen atoms in total.